The number of imidazole rings is 1. The Morgan fingerprint density at radius 2 is 1.72 bits per heavy atom. The topological polar surface area (TPSA) is 102 Å². The number of rotatable bonds is 4. The molecule has 0 saturated carbocycles. The second-order valence-electron chi connectivity index (χ2n) is 7.59. The molecule has 4 aromatic rings. The van der Waals surface area contributed by atoms with Gasteiger partial charge in [-0.3, -0.25) is 5.41 Å². The molecule has 0 fully saturated rings. The Bertz CT molecular complexity index is 1220. The van der Waals surface area contributed by atoms with Crippen LogP contribution in [0, 0.1) is 16.7 Å². The van der Waals surface area contributed by atoms with Crippen LogP contribution >= 0.6 is 0 Å². The largest absolute Gasteiger partial charge is 0.398 e. The average molecular weight is 379 g/mol. The molecular weight excluding hydrogens is 358 g/mol. The van der Waals surface area contributed by atoms with E-state index in [0.717, 1.165) is 27.7 Å². The zero-order valence-electron chi connectivity index (χ0n) is 16.3. The van der Waals surface area contributed by atoms with Crippen molar-refractivity contribution in [2.45, 2.75) is 19.3 Å². The van der Waals surface area contributed by atoms with Crippen LogP contribution in [0.25, 0.3) is 22.2 Å². The van der Waals surface area contributed by atoms with Crippen molar-refractivity contribution in [3.63, 3.8) is 0 Å². The highest BCUT2D eigenvalue weighted by molar-refractivity contribution is 6.13. The number of nitrogens with one attached hydrogen (secondary N) is 2. The zero-order chi connectivity index (χ0) is 20.6. The molecule has 0 unspecified atom stereocenters. The van der Waals surface area contributed by atoms with Gasteiger partial charge in [0.15, 0.2) is 5.82 Å². The predicted molar refractivity (Wildman–Crippen MR) is 117 cm³/mol. The first kappa shape index (κ1) is 18.5. The van der Waals surface area contributed by atoms with E-state index in [1.165, 1.54) is 0 Å². The van der Waals surface area contributed by atoms with Gasteiger partial charge in [-0.25, -0.2) is 4.98 Å². The van der Waals surface area contributed by atoms with E-state index in [-0.39, 0.29) is 5.71 Å². The molecule has 0 atom stereocenters. The second-order valence-corrected chi connectivity index (χ2v) is 7.59. The third-order valence-electron chi connectivity index (χ3n) is 5.17. The van der Waals surface area contributed by atoms with Gasteiger partial charge in [0.05, 0.1) is 22.5 Å². The van der Waals surface area contributed by atoms with Crippen molar-refractivity contribution in [2.24, 2.45) is 0 Å². The van der Waals surface area contributed by atoms with Crippen molar-refractivity contribution >= 4 is 22.4 Å². The molecule has 3 aromatic carbocycles. The van der Waals surface area contributed by atoms with Crippen LogP contribution in [-0.2, 0) is 5.41 Å². The summed E-state index contributed by atoms with van der Waals surface area (Å²) in [4.78, 5) is 7.70. The Morgan fingerprint density at radius 1 is 1.03 bits per heavy atom. The van der Waals surface area contributed by atoms with Gasteiger partial charge in [-0.05, 0) is 54.8 Å². The zero-order valence-corrected chi connectivity index (χ0v) is 16.3. The van der Waals surface area contributed by atoms with Gasteiger partial charge in [-0.1, -0.05) is 42.5 Å². The first-order valence-electron chi connectivity index (χ1n) is 9.35. The first-order chi connectivity index (χ1) is 13.9. The Labute approximate surface area is 169 Å². The van der Waals surface area contributed by atoms with Gasteiger partial charge in [0.1, 0.15) is 5.71 Å². The van der Waals surface area contributed by atoms with Gasteiger partial charge in [0.25, 0.3) is 0 Å². The third kappa shape index (κ3) is 3.37. The SMILES string of the molecule is CC(C)(C#N)c1ccc(-c2ccc(N)c(C(=N)c3nc4ccccc4[nH]3)c2)cc1. The van der Waals surface area contributed by atoms with E-state index < -0.39 is 5.41 Å². The number of H-pyrrole nitrogens is 1. The Balaban J connectivity index is 1.71. The molecule has 0 aliphatic carbocycles. The summed E-state index contributed by atoms with van der Waals surface area (Å²) in [5.74, 6) is 0.487. The van der Waals surface area contributed by atoms with E-state index in [2.05, 4.69) is 16.0 Å². The maximum absolute atomic E-state index is 9.33. The van der Waals surface area contributed by atoms with Crippen molar-refractivity contribution in [3.8, 4) is 17.2 Å². The van der Waals surface area contributed by atoms with Crippen LogP contribution in [0.5, 0.6) is 0 Å². The number of aromatic amines is 1. The van der Waals surface area contributed by atoms with E-state index in [1.807, 2.05) is 80.6 Å². The molecule has 0 amide bonds. The molecule has 4 rings (SSSR count). The van der Waals surface area contributed by atoms with Crippen molar-refractivity contribution in [3.05, 3.63) is 83.7 Å². The quantitative estimate of drug-likeness (QED) is 0.342. The van der Waals surface area contributed by atoms with Crippen LogP contribution in [0.15, 0.2) is 66.7 Å². The molecule has 1 aromatic heterocycles. The van der Waals surface area contributed by atoms with E-state index in [9.17, 15) is 5.26 Å². The number of nitrogen functional groups attached to an aromatic ring is 1. The van der Waals surface area contributed by atoms with Crippen LogP contribution in [-0.4, -0.2) is 15.7 Å². The van der Waals surface area contributed by atoms with Crippen LogP contribution < -0.4 is 5.73 Å². The van der Waals surface area contributed by atoms with Crippen molar-refractivity contribution in [2.75, 3.05) is 5.73 Å². The number of hydrogen-bond donors (Lipinski definition) is 3. The minimum absolute atomic E-state index is 0.253. The van der Waals surface area contributed by atoms with Crippen LogP contribution in [0.2, 0.25) is 0 Å². The fraction of sp³-hybridized carbons (Fsp3) is 0.125. The van der Waals surface area contributed by atoms with Gasteiger partial charge < -0.3 is 10.7 Å². The molecule has 4 N–H and O–H groups in total. The third-order valence-corrected chi connectivity index (χ3v) is 5.17. The number of hydrogen-bond acceptors (Lipinski definition) is 4. The molecular formula is C24H21N5. The summed E-state index contributed by atoms with van der Waals surface area (Å²) in [5, 5.41) is 18.0. The minimum atomic E-state index is -0.534. The monoisotopic (exact) mass is 379 g/mol. The fourth-order valence-electron chi connectivity index (χ4n) is 3.30. The summed E-state index contributed by atoms with van der Waals surface area (Å²) in [6.45, 7) is 3.80. The molecule has 142 valence electrons. The lowest BCUT2D eigenvalue weighted by Gasteiger charge is -2.16. The lowest BCUT2D eigenvalue weighted by molar-refractivity contribution is 0.687. The van der Waals surface area contributed by atoms with Crippen molar-refractivity contribution in [1.29, 1.82) is 10.7 Å². The maximum Gasteiger partial charge on any atom is 0.157 e. The van der Waals surface area contributed by atoms with Gasteiger partial charge in [-0.15, -0.1) is 0 Å². The van der Waals surface area contributed by atoms with E-state index in [1.54, 1.807) is 0 Å². The first-order valence-corrected chi connectivity index (χ1v) is 9.35. The van der Waals surface area contributed by atoms with Gasteiger partial charge in [-0.2, -0.15) is 5.26 Å². The number of nitrogens with zero attached hydrogens (tertiary/aromatic N) is 2. The number of anilines is 1. The summed E-state index contributed by atoms with van der Waals surface area (Å²) in [7, 11) is 0. The molecule has 0 aliphatic heterocycles. The maximum atomic E-state index is 9.33. The normalized spacial score (nSPS) is 11.3. The smallest absolute Gasteiger partial charge is 0.157 e. The summed E-state index contributed by atoms with van der Waals surface area (Å²) in [6, 6.07) is 23.6. The summed E-state index contributed by atoms with van der Waals surface area (Å²) < 4.78 is 0. The van der Waals surface area contributed by atoms with Crippen molar-refractivity contribution in [1.82, 2.24) is 9.97 Å². The number of aromatic nitrogens is 2. The lowest BCUT2D eigenvalue weighted by Crippen LogP contribution is -2.13. The molecule has 0 aliphatic rings. The lowest BCUT2D eigenvalue weighted by atomic mass is 9.85. The van der Waals surface area contributed by atoms with Crippen molar-refractivity contribution < 1.29 is 0 Å². The molecule has 0 spiro atoms. The molecule has 29 heavy (non-hydrogen) atoms. The predicted octanol–water partition coefficient (Wildman–Crippen LogP) is 5.03. The standard InChI is InChI=1S/C24H21N5/c1-24(2,14-25)17-10-7-15(8-11-17)16-9-12-19(26)18(13-16)22(27)23-28-20-5-3-4-6-21(20)29-23/h3-13,27H,26H2,1-2H3,(H,28,29). The number of fused-ring (bicyclic) bond motifs is 1. The molecule has 5 heteroatoms. The van der Waals surface area contributed by atoms with E-state index in [4.69, 9.17) is 11.1 Å². The molecule has 0 radical (unpaired) electrons. The molecule has 0 bridgehead atoms. The summed E-state index contributed by atoms with van der Waals surface area (Å²) >= 11 is 0. The summed E-state index contributed by atoms with van der Waals surface area (Å²) in [6.07, 6.45) is 0. The second kappa shape index (κ2) is 6.92. The Kier molecular flexibility index (Phi) is 4.40. The van der Waals surface area contributed by atoms with Gasteiger partial charge in [0.2, 0.25) is 0 Å². The van der Waals surface area contributed by atoms with E-state index >= 15 is 0 Å². The Hall–Kier alpha value is -3.91. The van der Waals surface area contributed by atoms with E-state index in [0.29, 0.717) is 17.1 Å². The average Bonchev–Trinajstić information content (AvgIpc) is 3.18. The molecule has 5 nitrogen and oxygen atoms in total. The van der Waals surface area contributed by atoms with Crippen LogP contribution in [0.1, 0.15) is 30.8 Å². The number of nitriles is 1. The minimum Gasteiger partial charge on any atom is -0.398 e. The molecule has 1 heterocycles. The molecule has 0 saturated heterocycles. The highest BCUT2D eigenvalue weighted by atomic mass is 14.9. The Morgan fingerprint density at radius 3 is 2.41 bits per heavy atom. The highest BCUT2D eigenvalue weighted by Gasteiger charge is 2.19. The number of para-hydroxylation sites is 2. The number of nitrogens with two attached hydrogens (primary N) is 1. The highest BCUT2D eigenvalue weighted by Crippen LogP contribution is 2.29. The van der Waals surface area contributed by atoms with Crippen LogP contribution in [0.3, 0.4) is 0 Å². The van der Waals surface area contributed by atoms with Gasteiger partial charge >= 0.3 is 0 Å². The fourth-order valence-corrected chi connectivity index (χ4v) is 3.30. The summed E-state index contributed by atoms with van der Waals surface area (Å²) in [5.41, 5.74) is 11.7. The van der Waals surface area contributed by atoms with Gasteiger partial charge in [0, 0.05) is 11.3 Å². The van der Waals surface area contributed by atoms with Crippen LogP contribution in [0.4, 0.5) is 5.69 Å². The number of benzene rings is 3.